The van der Waals surface area contributed by atoms with Gasteiger partial charge in [0.2, 0.25) is 0 Å². The summed E-state index contributed by atoms with van der Waals surface area (Å²) in [6.45, 7) is 0. The van der Waals surface area contributed by atoms with Crippen LogP contribution >= 0.6 is 11.8 Å². The molecule has 116 valence electrons. The van der Waals surface area contributed by atoms with Crippen molar-refractivity contribution in [1.82, 2.24) is 4.57 Å². The number of fused-ring (bicyclic) bond motifs is 2. The summed E-state index contributed by atoms with van der Waals surface area (Å²) < 4.78 is 2.25. The maximum absolute atomic E-state index is 12.8. The molecule has 1 aromatic heterocycles. The second-order valence-electron chi connectivity index (χ2n) is 5.79. The Kier molecular flexibility index (Phi) is 5.06. The van der Waals surface area contributed by atoms with Crippen molar-refractivity contribution in [3.63, 3.8) is 0 Å². The van der Waals surface area contributed by atoms with E-state index in [0.29, 0.717) is 16.8 Å². The van der Waals surface area contributed by atoms with Crippen LogP contribution in [0.15, 0.2) is 52.2 Å². The standard InChI is InChI=1S/C18H15NO3S.Na/c20-17(21)10-23-12-7-8-16-14(9-12)18(22)13-3-1-2-4-15(13)19(16)11-5-6-11;/h1-4,7-9,11H,5-6,10H2,(H,20,21);/q;+1/p-1. The molecule has 4 nitrogen and oxygen atoms in total. The maximum atomic E-state index is 12.8. The zero-order valence-corrected chi connectivity index (χ0v) is 16.1. The van der Waals surface area contributed by atoms with Gasteiger partial charge in [0.05, 0.1) is 17.0 Å². The fourth-order valence-electron chi connectivity index (χ4n) is 3.02. The van der Waals surface area contributed by atoms with Crippen LogP contribution in [0.2, 0.25) is 0 Å². The van der Waals surface area contributed by atoms with Gasteiger partial charge < -0.3 is 14.5 Å². The summed E-state index contributed by atoms with van der Waals surface area (Å²) in [6.07, 6.45) is 2.26. The van der Waals surface area contributed by atoms with Gasteiger partial charge in [-0.25, -0.2) is 0 Å². The number of carbonyl (C=O) groups is 1. The van der Waals surface area contributed by atoms with E-state index >= 15 is 0 Å². The minimum absolute atomic E-state index is 0. The quantitative estimate of drug-likeness (QED) is 0.357. The maximum Gasteiger partial charge on any atom is 1.00 e. The minimum Gasteiger partial charge on any atom is -0.549 e. The van der Waals surface area contributed by atoms with Crippen LogP contribution in [-0.4, -0.2) is 16.3 Å². The summed E-state index contributed by atoms with van der Waals surface area (Å²) in [7, 11) is 0. The average Bonchev–Trinajstić information content (AvgIpc) is 3.38. The Morgan fingerprint density at radius 1 is 1.12 bits per heavy atom. The number of para-hydroxylation sites is 1. The van der Waals surface area contributed by atoms with Crippen molar-refractivity contribution < 1.29 is 39.5 Å². The SMILES string of the molecule is O=C([O-])CSc1ccc2c(c1)c(=O)c1ccccc1n2C1CC1.[Na+]. The summed E-state index contributed by atoms with van der Waals surface area (Å²) in [6, 6.07) is 13.7. The minimum atomic E-state index is -1.11. The van der Waals surface area contributed by atoms with E-state index in [1.54, 1.807) is 6.07 Å². The monoisotopic (exact) mass is 347 g/mol. The van der Waals surface area contributed by atoms with Crippen LogP contribution in [0.4, 0.5) is 0 Å². The molecule has 2 aromatic carbocycles. The number of carbonyl (C=O) groups excluding carboxylic acids is 1. The molecule has 1 aliphatic rings. The average molecular weight is 347 g/mol. The molecule has 0 spiro atoms. The van der Waals surface area contributed by atoms with Crippen LogP contribution in [0, 0.1) is 0 Å². The molecule has 1 saturated carbocycles. The Balaban J connectivity index is 0.00000169. The summed E-state index contributed by atoms with van der Waals surface area (Å²) >= 11 is 1.18. The van der Waals surface area contributed by atoms with Gasteiger partial charge in [-0.1, -0.05) is 12.1 Å². The van der Waals surface area contributed by atoms with Gasteiger partial charge in [-0.3, -0.25) is 4.79 Å². The van der Waals surface area contributed by atoms with Crippen LogP contribution < -0.4 is 40.1 Å². The molecule has 1 aliphatic carbocycles. The first-order valence-electron chi connectivity index (χ1n) is 7.55. The molecule has 0 saturated heterocycles. The second kappa shape index (κ2) is 6.92. The molecular formula is C18H14NNaO3S. The molecule has 0 amide bonds. The Morgan fingerprint density at radius 2 is 1.83 bits per heavy atom. The van der Waals surface area contributed by atoms with E-state index in [2.05, 4.69) is 4.57 Å². The van der Waals surface area contributed by atoms with Crippen LogP contribution in [0.1, 0.15) is 18.9 Å². The van der Waals surface area contributed by atoms with E-state index in [0.717, 1.165) is 28.8 Å². The molecule has 0 radical (unpaired) electrons. The third-order valence-electron chi connectivity index (χ3n) is 4.15. The number of nitrogens with zero attached hydrogens (tertiary/aromatic N) is 1. The first-order valence-corrected chi connectivity index (χ1v) is 8.53. The first kappa shape index (κ1) is 17.5. The van der Waals surface area contributed by atoms with Gasteiger partial charge in [0.1, 0.15) is 0 Å². The number of hydrogen-bond donors (Lipinski definition) is 0. The van der Waals surface area contributed by atoms with E-state index in [9.17, 15) is 14.7 Å². The molecule has 3 aromatic rings. The van der Waals surface area contributed by atoms with Crippen molar-refractivity contribution in [2.24, 2.45) is 0 Å². The zero-order valence-electron chi connectivity index (χ0n) is 13.3. The molecule has 1 fully saturated rings. The number of aromatic nitrogens is 1. The van der Waals surface area contributed by atoms with E-state index in [-0.39, 0.29) is 40.7 Å². The third kappa shape index (κ3) is 3.14. The van der Waals surface area contributed by atoms with Crippen LogP contribution in [0.25, 0.3) is 21.8 Å². The van der Waals surface area contributed by atoms with Crippen molar-refractivity contribution in [2.45, 2.75) is 23.8 Å². The normalized spacial score (nSPS) is 13.8. The predicted octanol–water partition coefficient (Wildman–Crippen LogP) is -0.664. The van der Waals surface area contributed by atoms with Gasteiger partial charge in [-0.2, -0.15) is 0 Å². The molecule has 0 N–H and O–H groups in total. The van der Waals surface area contributed by atoms with Gasteiger partial charge in [0, 0.05) is 27.5 Å². The number of thioether (sulfide) groups is 1. The Hall–Kier alpha value is -1.27. The van der Waals surface area contributed by atoms with Gasteiger partial charge in [-0.15, -0.1) is 11.8 Å². The second-order valence-corrected chi connectivity index (χ2v) is 6.84. The van der Waals surface area contributed by atoms with Crippen molar-refractivity contribution in [1.29, 1.82) is 0 Å². The Labute approximate surface area is 165 Å². The van der Waals surface area contributed by atoms with E-state index < -0.39 is 5.97 Å². The molecule has 24 heavy (non-hydrogen) atoms. The molecule has 0 aliphatic heterocycles. The van der Waals surface area contributed by atoms with Crippen LogP contribution in [-0.2, 0) is 4.79 Å². The van der Waals surface area contributed by atoms with Crippen molar-refractivity contribution in [3.05, 3.63) is 52.7 Å². The zero-order chi connectivity index (χ0) is 16.0. The Morgan fingerprint density at radius 3 is 2.54 bits per heavy atom. The Bertz CT molecular complexity index is 995. The van der Waals surface area contributed by atoms with Gasteiger partial charge in [0.15, 0.2) is 5.43 Å². The van der Waals surface area contributed by atoms with Crippen LogP contribution in [0.5, 0.6) is 0 Å². The molecule has 0 atom stereocenters. The van der Waals surface area contributed by atoms with E-state index in [4.69, 9.17) is 0 Å². The van der Waals surface area contributed by atoms with E-state index in [1.807, 2.05) is 36.4 Å². The van der Waals surface area contributed by atoms with Crippen molar-refractivity contribution in [3.8, 4) is 0 Å². The number of benzene rings is 2. The van der Waals surface area contributed by atoms with Crippen molar-refractivity contribution in [2.75, 3.05) is 5.75 Å². The molecule has 0 unspecified atom stereocenters. The molecule has 0 bridgehead atoms. The number of carboxylic acids is 1. The smallest absolute Gasteiger partial charge is 0.549 e. The molecule has 1 heterocycles. The van der Waals surface area contributed by atoms with Crippen LogP contribution in [0.3, 0.4) is 0 Å². The predicted molar refractivity (Wildman–Crippen MR) is 89.7 cm³/mol. The number of aliphatic carboxylic acids is 1. The molecule has 4 rings (SSSR count). The summed E-state index contributed by atoms with van der Waals surface area (Å²) in [5.41, 5.74) is 1.90. The summed E-state index contributed by atoms with van der Waals surface area (Å²) in [4.78, 5) is 24.2. The number of hydrogen-bond acceptors (Lipinski definition) is 4. The fourth-order valence-corrected chi connectivity index (χ4v) is 3.67. The topological polar surface area (TPSA) is 62.1 Å². The molecule has 6 heteroatoms. The van der Waals surface area contributed by atoms with E-state index in [1.165, 1.54) is 11.8 Å². The number of rotatable bonds is 4. The third-order valence-corrected chi connectivity index (χ3v) is 5.12. The summed E-state index contributed by atoms with van der Waals surface area (Å²) in [5.74, 6) is -1.22. The first-order chi connectivity index (χ1) is 11.1. The van der Waals surface area contributed by atoms with Gasteiger partial charge in [0.25, 0.3) is 0 Å². The summed E-state index contributed by atoms with van der Waals surface area (Å²) in [5, 5.41) is 12.0. The number of pyridine rings is 1. The van der Waals surface area contributed by atoms with Gasteiger partial charge in [-0.05, 0) is 43.2 Å². The van der Waals surface area contributed by atoms with Gasteiger partial charge >= 0.3 is 29.6 Å². The molecular weight excluding hydrogens is 333 g/mol. The largest absolute Gasteiger partial charge is 1.00 e. The fraction of sp³-hybridized carbons (Fsp3) is 0.222. The number of carboxylic acid groups (broad SMARTS) is 1. The van der Waals surface area contributed by atoms with Crippen molar-refractivity contribution >= 4 is 39.5 Å².